The van der Waals surface area contributed by atoms with E-state index in [-0.39, 0.29) is 11.7 Å². The molecule has 3 aromatic carbocycles. The number of hydrogen-bond donors (Lipinski definition) is 2. The van der Waals surface area contributed by atoms with Gasteiger partial charge in [0.05, 0.1) is 16.6 Å². The summed E-state index contributed by atoms with van der Waals surface area (Å²) >= 11 is 9.03. The van der Waals surface area contributed by atoms with E-state index in [1.54, 1.807) is 36.4 Å². The van der Waals surface area contributed by atoms with Crippen molar-refractivity contribution in [1.82, 2.24) is 5.32 Å². The Bertz CT molecular complexity index is 1200. The molecule has 0 saturated heterocycles. The molecule has 7 heteroatoms. The number of phenolic OH excluding ortho intramolecular Hbond substituents is 1. The number of alkyl halides is 1. The highest BCUT2D eigenvalue weighted by Gasteiger charge is 2.16. The minimum atomic E-state index is -0.435. The first-order valence-corrected chi connectivity index (χ1v) is 15.0. The molecule has 208 valence electrons. The number of carbonyl (C=O) groups is 2. The van der Waals surface area contributed by atoms with E-state index < -0.39 is 5.97 Å². The molecule has 0 radical (unpaired) electrons. The molecular formula is C32H37BrClNO4. The molecular weight excluding hydrogens is 578 g/mol. The van der Waals surface area contributed by atoms with Gasteiger partial charge in [0.25, 0.3) is 5.91 Å². The third-order valence-electron chi connectivity index (χ3n) is 6.52. The summed E-state index contributed by atoms with van der Waals surface area (Å²) in [6.07, 6.45) is 9.40. The van der Waals surface area contributed by atoms with Crippen molar-refractivity contribution in [3.05, 3.63) is 87.9 Å². The largest absolute Gasteiger partial charge is 0.506 e. The second kappa shape index (κ2) is 17.0. The molecule has 0 fully saturated rings. The number of aromatic hydroxyl groups is 1. The highest BCUT2D eigenvalue weighted by molar-refractivity contribution is 9.10. The molecule has 0 spiro atoms. The predicted octanol–water partition coefficient (Wildman–Crippen LogP) is 8.31. The van der Waals surface area contributed by atoms with E-state index in [9.17, 15) is 14.7 Å². The highest BCUT2D eigenvalue weighted by Crippen LogP contribution is 2.37. The second-order valence-corrected chi connectivity index (χ2v) is 10.8. The molecule has 0 unspecified atom stereocenters. The quantitative estimate of drug-likeness (QED) is 0.0967. The van der Waals surface area contributed by atoms with Crippen LogP contribution in [0, 0.1) is 0 Å². The molecule has 0 aromatic heterocycles. The Labute approximate surface area is 245 Å². The van der Waals surface area contributed by atoms with Crippen LogP contribution in [0.3, 0.4) is 0 Å². The number of rotatable bonds is 16. The van der Waals surface area contributed by atoms with Crippen molar-refractivity contribution >= 4 is 39.4 Å². The van der Waals surface area contributed by atoms with Crippen molar-refractivity contribution in [2.45, 2.75) is 57.8 Å². The number of ether oxygens (including phenoxy) is 1. The van der Waals surface area contributed by atoms with Crippen LogP contribution in [0.4, 0.5) is 0 Å². The first kappa shape index (κ1) is 30.7. The molecule has 0 aliphatic rings. The number of phenols is 1. The van der Waals surface area contributed by atoms with E-state index in [0.29, 0.717) is 52.2 Å². The third-order valence-corrected chi connectivity index (χ3v) is 7.39. The van der Waals surface area contributed by atoms with Crippen LogP contribution in [0.2, 0.25) is 0 Å². The Hall–Kier alpha value is -2.83. The Morgan fingerprint density at radius 2 is 1.56 bits per heavy atom. The summed E-state index contributed by atoms with van der Waals surface area (Å²) in [6, 6.07) is 20.7. The summed E-state index contributed by atoms with van der Waals surface area (Å²) in [5.74, 6) is -0.100. The van der Waals surface area contributed by atoms with Gasteiger partial charge in [-0.15, -0.1) is 11.6 Å². The van der Waals surface area contributed by atoms with E-state index in [1.807, 2.05) is 6.07 Å². The summed E-state index contributed by atoms with van der Waals surface area (Å²) in [6.45, 7) is 0.901. The molecule has 3 aromatic rings. The summed E-state index contributed by atoms with van der Waals surface area (Å²) in [7, 11) is 0. The summed E-state index contributed by atoms with van der Waals surface area (Å²) < 4.78 is 5.72. The molecule has 1 amide bonds. The minimum Gasteiger partial charge on any atom is -0.506 e. The van der Waals surface area contributed by atoms with Gasteiger partial charge in [0.15, 0.2) is 0 Å². The van der Waals surface area contributed by atoms with Gasteiger partial charge in [-0.2, -0.15) is 0 Å². The maximum Gasteiger partial charge on any atom is 0.338 e. The predicted molar refractivity (Wildman–Crippen MR) is 162 cm³/mol. The lowest BCUT2D eigenvalue weighted by molar-refractivity contribution is 0.0499. The zero-order valence-electron chi connectivity index (χ0n) is 22.3. The summed E-state index contributed by atoms with van der Waals surface area (Å²) in [4.78, 5) is 25.3. The molecule has 0 aliphatic heterocycles. The van der Waals surface area contributed by atoms with Gasteiger partial charge in [0, 0.05) is 23.6 Å². The fraction of sp³-hybridized carbons (Fsp3) is 0.375. The van der Waals surface area contributed by atoms with Gasteiger partial charge < -0.3 is 15.2 Å². The fourth-order valence-electron chi connectivity index (χ4n) is 4.32. The van der Waals surface area contributed by atoms with Crippen LogP contribution >= 0.6 is 27.5 Å². The molecule has 0 aliphatic carbocycles. The van der Waals surface area contributed by atoms with Crippen molar-refractivity contribution < 1.29 is 19.4 Å². The molecule has 2 N–H and O–H groups in total. The molecule has 0 saturated carbocycles. The number of amides is 1. The Morgan fingerprint density at radius 1 is 0.821 bits per heavy atom. The molecule has 39 heavy (non-hydrogen) atoms. The summed E-state index contributed by atoms with van der Waals surface area (Å²) in [5.41, 5.74) is 3.29. The van der Waals surface area contributed by atoms with E-state index >= 15 is 0 Å². The van der Waals surface area contributed by atoms with E-state index in [1.165, 1.54) is 24.8 Å². The maximum absolute atomic E-state index is 12.9. The van der Waals surface area contributed by atoms with Gasteiger partial charge in [-0.05, 0) is 83.4 Å². The van der Waals surface area contributed by atoms with Crippen LogP contribution in [-0.2, 0) is 11.2 Å². The van der Waals surface area contributed by atoms with Crippen molar-refractivity contribution in [1.29, 1.82) is 0 Å². The number of esters is 1. The van der Waals surface area contributed by atoms with Gasteiger partial charge in [0.1, 0.15) is 5.75 Å². The number of aryl methyl sites for hydroxylation is 1. The average molecular weight is 615 g/mol. The van der Waals surface area contributed by atoms with Gasteiger partial charge in [-0.3, -0.25) is 4.79 Å². The summed E-state index contributed by atoms with van der Waals surface area (Å²) in [5, 5.41) is 13.7. The van der Waals surface area contributed by atoms with E-state index in [0.717, 1.165) is 32.1 Å². The number of carbonyl (C=O) groups excluding carboxylic acids is 2. The first-order chi connectivity index (χ1) is 19.0. The van der Waals surface area contributed by atoms with Gasteiger partial charge in [0.2, 0.25) is 0 Å². The highest BCUT2D eigenvalue weighted by atomic mass is 79.9. The van der Waals surface area contributed by atoms with Crippen LogP contribution in [0.15, 0.2) is 71.2 Å². The minimum absolute atomic E-state index is 0.00597. The lowest BCUT2D eigenvalue weighted by Gasteiger charge is -2.12. The number of halogens is 2. The van der Waals surface area contributed by atoms with Crippen LogP contribution < -0.4 is 5.32 Å². The third kappa shape index (κ3) is 10.3. The van der Waals surface area contributed by atoms with E-state index in [4.69, 9.17) is 16.3 Å². The SMILES string of the molecule is O=C(NCCCCCCCCc1ccccc1)c1cc(Br)c(O)c(-c2cccc(C(=O)OCCCCCl)c2)c1. The lowest BCUT2D eigenvalue weighted by Crippen LogP contribution is -2.24. The first-order valence-electron chi connectivity index (χ1n) is 13.7. The molecule has 5 nitrogen and oxygen atoms in total. The van der Waals surface area contributed by atoms with E-state index in [2.05, 4.69) is 45.5 Å². The zero-order valence-corrected chi connectivity index (χ0v) is 24.6. The Kier molecular flexibility index (Phi) is 13.4. The van der Waals surface area contributed by atoms with Crippen LogP contribution in [0.5, 0.6) is 5.75 Å². The number of nitrogens with one attached hydrogen (secondary N) is 1. The zero-order chi connectivity index (χ0) is 27.9. The molecule has 0 heterocycles. The normalized spacial score (nSPS) is 10.8. The maximum atomic E-state index is 12.9. The van der Waals surface area contributed by atoms with Crippen molar-refractivity contribution in [2.24, 2.45) is 0 Å². The van der Waals surface area contributed by atoms with Crippen molar-refractivity contribution in [2.75, 3.05) is 19.0 Å². The average Bonchev–Trinajstić information content (AvgIpc) is 2.96. The van der Waals surface area contributed by atoms with Crippen molar-refractivity contribution in [3.8, 4) is 16.9 Å². The monoisotopic (exact) mass is 613 g/mol. The smallest absolute Gasteiger partial charge is 0.338 e. The second-order valence-electron chi connectivity index (χ2n) is 9.58. The van der Waals surface area contributed by atoms with Crippen LogP contribution in [0.25, 0.3) is 11.1 Å². The lowest BCUT2D eigenvalue weighted by atomic mass is 9.99. The number of hydrogen-bond acceptors (Lipinski definition) is 4. The van der Waals surface area contributed by atoms with Gasteiger partial charge in [-0.25, -0.2) is 4.79 Å². The number of unbranched alkanes of at least 4 members (excludes halogenated alkanes) is 6. The molecule has 0 bridgehead atoms. The molecule has 3 rings (SSSR count). The topological polar surface area (TPSA) is 75.6 Å². The van der Waals surface area contributed by atoms with Crippen LogP contribution in [-0.4, -0.2) is 36.0 Å². The number of benzene rings is 3. The van der Waals surface area contributed by atoms with Crippen molar-refractivity contribution in [3.63, 3.8) is 0 Å². The fourth-order valence-corrected chi connectivity index (χ4v) is 4.97. The van der Waals surface area contributed by atoms with Crippen LogP contribution in [0.1, 0.15) is 77.6 Å². The molecule has 0 atom stereocenters. The Balaban J connectivity index is 1.47. The van der Waals surface area contributed by atoms with Gasteiger partial charge in [-0.1, -0.05) is 68.1 Å². The Morgan fingerprint density at radius 3 is 2.33 bits per heavy atom. The standard InChI is InChI=1S/C32H37BrClNO4/c33-29-23-27(31(37)35-19-10-4-2-1-3-6-13-24-14-7-5-8-15-24)22-28(30(29)36)25-16-12-17-26(21-25)32(38)39-20-11-9-18-34/h5,7-8,12,14-17,21-23,36H,1-4,6,9-11,13,18-20H2,(H,35,37). The van der Waals surface area contributed by atoms with Gasteiger partial charge >= 0.3 is 5.97 Å².